The van der Waals surface area contributed by atoms with Crippen molar-refractivity contribution >= 4 is 22.4 Å². The van der Waals surface area contributed by atoms with Gasteiger partial charge in [0, 0.05) is 31.3 Å². The summed E-state index contributed by atoms with van der Waals surface area (Å²) in [6.45, 7) is 3.74. The lowest BCUT2D eigenvalue weighted by molar-refractivity contribution is 0.414. The number of rotatable bonds is 5. The Hall–Kier alpha value is -4.13. The first-order valence-corrected chi connectivity index (χ1v) is 10.6. The number of methoxy groups -OCH3 is 1. The molecule has 7 heteroatoms. The molecule has 0 atom stereocenters. The molecule has 0 spiro atoms. The van der Waals surface area contributed by atoms with Gasteiger partial charge in [-0.2, -0.15) is 0 Å². The second-order valence-electron chi connectivity index (χ2n) is 7.86. The summed E-state index contributed by atoms with van der Waals surface area (Å²) in [5, 5.41) is 3.46. The third kappa shape index (κ3) is 3.71. The van der Waals surface area contributed by atoms with Gasteiger partial charge in [0.1, 0.15) is 22.9 Å². The van der Waals surface area contributed by atoms with Crippen LogP contribution in [0.5, 0.6) is 5.75 Å². The highest BCUT2D eigenvalue weighted by atomic mass is 19.1. The van der Waals surface area contributed by atoms with Crippen LogP contribution in [0.25, 0.3) is 33.7 Å². The van der Waals surface area contributed by atoms with Gasteiger partial charge in [0.25, 0.3) is 0 Å². The number of aryl methyl sites for hydroxylation is 3. The van der Waals surface area contributed by atoms with Crippen molar-refractivity contribution < 1.29 is 13.5 Å². The fraction of sp³-hybridized carbons (Fsp3) is 0.154. The molecule has 166 valence electrons. The van der Waals surface area contributed by atoms with Gasteiger partial charge >= 0.3 is 0 Å². The second kappa shape index (κ2) is 8.09. The first-order valence-electron chi connectivity index (χ1n) is 10.6. The highest BCUT2D eigenvalue weighted by Crippen LogP contribution is 2.36. The Kier molecular flexibility index (Phi) is 5.09. The van der Waals surface area contributed by atoms with Gasteiger partial charge in [-0.15, -0.1) is 0 Å². The zero-order valence-corrected chi connectivity index (χ0v) is 18.8. The minimum Gasteiger partial charge on any atom is -0.496 e. The van der Waals surface area contributed by atoms with Crippen LogP contribution in [0.3, 0.4) is 0 Å². The van der Waals surface area contributed by atoms with E-state index in [1.807, 2.05) is 61.9 Å². The molecule has 2 heterocycles. The number of ether oxygens (including phenoxy) is 1. The smallest absolute Gasteiger partial charge is 0.192 e. The maximum Gasteiger partial charge on any atom is 0.192 e. The van der Waals surface area contributed by atoms with Gasteiger partial charge in [-0.25, -0.2) is 14.4 Å². The molecule has 5 rings (SSSR count). The fourth-order valence-corrected chi connectivity index (χ4v) is 4.07. The second-order valence-corrected chi connectivity index (χ2v) is 7.86. The van der Waals surface area contributed by atoms with E-state index >= 15 is 0 Å². The molecule has 0 radical (unpaired) electrons. The molecular formula is C26H23FN4O2. The zero-order chi connectivity index (χ0) is 23.1. The molecule has 0 aliphatic rings. The summed E-state index contributed by atoms with van der Waals surface area (Å²) < 4.78 is 26.8. The molecule has 0 aliphatic carbocycles. The van der Waals surface area contributed by atoms with Gasteiger partial charge in [-0.1, -0.05) is 6.07 Å². The molecule has 0 aliphatic heterocycles. The van der Waals surface area contributed by atoms with Gasteiger partial charge < -0.3 is 19.0 Å². The van der Waals surface area contributed by atoms with E-state index in [2.05, 4.69) is 10.3 Å². The molecule has 0 bridgehead atoms. The Morgan fingerprint density at radius 2 is 1.79 bits per heavy atom. The number of aromatic nitrogens is 3. The van der Waals surface area contributed by atoms with Crippen molar-refractivity contribution in [3.05, 3.63) is 78.1 Å². The van der Waals surface area contributed by atoms with Gasteiger partial charge in [0.15, 0.2) is 11.7 Å². The van der Waals surface area contributed by atoms with Crippen LogP contribution in [0.2, 0.25) is 0 Å². The topological polar surface area (TPSA) is 65.1 Å². The minimum absolute atomic E-state index is 0.270. The molecule has 0 saturated carbocycles. The van der Waals surface area contributed by atoms with Gasteiger partial charge in [0.05, 0.1) is 29.6 Å². The molecule has 1 N–H and O–H groups in total. The molecule has 3 aromatic carbocycles. The zero-order valence-electron chi connectivity index (χ0n) is 18.8. The highest BCUT2D eigenvalue weighted by Gasteiger charge is 2.17. The summed E-state index contributed by atoms with van der Waals surface area (Å²) in [6, 6.07) is 18.2. The summed E-state index contributed by atoms with van der Waals surface area (Å²) in [4.78, 5) is 9.21. The summed E-state index contributed by atoms with van der Waals surface area (Å²) in [6.07, 6.45) is 0. The van der Waals surface area contributed by atoms with Crippen molar-refractivity contribution in [1.82, 2.24) is 14.5 Å². The Morgan fingerprint density at radius 1 is 1.00 bits per heavy atom. The number of nitrogens with one attached hydrogen (secondary N) is 1. The van der Waals surface area contributed by atoms with E-state index in [1.165, 1.54) is 12.1 Å². The van der Waals surface area contributed by atoms with Crippen LogP contribution in [-0.4, -0.2) is 21.6 Å². The Morgan fingerprint density at radius 3 is 2.48 bits per heavy atom. The Balaban J connectivity index is 1.53. The van der Waals surface area contributed by atoms with Crippen LogP contribution >= 0.6 is 0 Å². The molecule has 0 saturated heterocycles. The predicted molar refractivity (Wildman–Crippen MR) is 127 cm³/mol. The van der Waals surface area contributed by atoms with E-state index in [9.17, 15) is 4.39 Å². The minimum atomic E-state index is -0.270. The van der Waals surface area contributed by atoms with Crippen LogP contribution < -0.4 is 10.1 Å². The molecule has 0 fully saturated rings. The molecular weight excluding hydrogens is 419 g/mol. The lowest BCUT2D eigenvalue weighted by atomic mass is 10.1. The number of hydrogen-bond acceptors (Lipinski definition) is 5. The monoisotopic (exact) mass is 442 g/mol. The maximum atomic E-state index is 13.4. The SMILES string of the molecule is COc1cc(Nc2cccc3c2nc(-c2ccc(F)cc2)n3C)ccc1-c1oc(C)nc1C. The largest absolute Gasteiger partial charge is 0.496 e. The number of hydrogen-bond donors (Lipinski definition) is 1. The van der Waals surface area contributed by atoms with Crippen molar-refractivity contribution in [2.75, 3.05) is 12.4 Å². The Labute approximate surface area is 190 Å². The first kappa shape index (κ1) is 20.8. The Bertz CT molecular complexity index is 1470. The molecule has 0 unspecified atom stereocenters. The van der Waals surface area contributed by atoms with Crippen LogP contribution in [0, 0.1) is 19.7 Å². The summed E-state index contributed by atoms with van der Waals surface area (Å²) in [5.74, 6) is 2.49. The normalized spacial score (nSPS) is 11.2. The first-order chi connectivity index (χ1) is 15.9. The van der Waals surface area contributed by atoms with E-state index in [1.54, 1.807) is 19.2 Å². The number of anilines is 2. The lowest BCUT2D eigenvalue weighted by Crippen LogP contribution is -1.95. The lowest BCUT2D eigenvalue weighted by Gasteiger charge is -2.12. The summed E-state index contributed by atoms with van der Waals surface area (Å²) >= 11 is 0. The van der Waals surface area contributed by atoms with Crippen molar-refractivity contribution in [1.29, 1.82) is 0 Å². The van der Waals surface area contributed by atoms with E-state index < -0.39 is 0 Å². The number of fused-ring (bicyclic) bond motifs is 1. The van der Waals surface area contributed by atoms with Crippen LogP contribution in [0.1, 0.15) is 11.6 Å². The standard InChI is InChI=1S/C26H23FN4O2/c1-15-25(33-16(2)28-15)20-13-12-19(14-23(20)32-4)29-21-6-5-7-22-24(21)30-26(31(22)3)17-8-10-18(27)11-9-17/h5-14,29H,1-4H3. The van der Waals surface area contributed by atoms with Gasteiger partial charge in [-0.05, 0) is 55.5 Å². The number of para-hydroxylation sites is 1. The highest BCUT2D eigenvalue weighted by molar-refractivity contribution is 5.93. The molecule has 0 amide bonds. The predicted octanol–water partition coefficient (Wildman–Crippen LogP) is 6.40. The number of benzene rings is 3. The summed E-state index contributed by atoms with van der Waals surface area (Å²) in [7, 11) is 3.59. The number of oxazole rings is 1. The van der Waals surface area contributed by atoms with E-state index in [0.29, 0.717) is 17.4 Å². The number of nitrogens with zero attached hydrogens (tertiary/aromatic N) is 3. The number of imidazole rings is 1. The molecule has 33 heavy (non-hydrogen) atoms. The van der Waals surface area contributed by atoms with Crippen molar-refractivity contribution in [3.63, 3.8) is 0 Å². The van der Waals surface area contributed by atoms with E-state index in [0.717, 1.165) is 45.1 Å². The maximum absolute atomic E-state index is 13.4. The van der Waals surface area contributed by atoms with Gasteiger partial charge in [0.2, 0.25) is 0 Å². The quantitative estimate of drug-likeness (QED) is 0.341. The third-order valence-corrected chi connectivity index (χ3v) is 5.64. The average Bonchev–Trinajstić information content (AvgIpc) is 3.33. The average molecular weight is 442 g/mol. The van der Waals surface area contributed by atoms with E-state index in [-0.39, 0.29) is 5.82 Å². The van der Waals surface area contributed by atoms with Crippen LogP contribution in [-0.2, 0) is 7.05 Å². The summed E-state index contributed by atoms with van der Waals surface area (Å²) in [5.41, 5.74) is 6.02. The third-order valence-electron chi connectivity index (χ3n) is 5.64. The van der Waals surface area contributed by atoms with Crippen molar-refractivity contribution in [2.45, 2.75) is 13.8 Å². The van der Waals surface area contributed by atoms with Crippen LogP contribution in [0.4, 0.5) is 15.8 Å². The number of halogens is 1. The van der Waals surface area contributed by atoms with Crippen molar-refractivity contribution in [3.8, 4) is 28.5 Å². The molecule has 6 nitrogen and oxygen atoms in total. The molecule has 5 aromatic rings. The fourth-order valence-electron chi connectivity index (χ4n) is 4.07. The van der Waals surface area contributed by atoms with Crippen LogP contribution in [0.15, 0.2) is 65.1 Å². The molecule has 2 aromatic heterocycles. The van der Waals surface area contributed by atoms with Crippen molar-refractivity contribution in [2.24, 2.45) is 7.05 Å². The van der Waals surface area contributed by atoms with E-state index in [4.69, 9.17) is 14.1 Å². The van der Waals surface area contributed by atoms with Gasteiger partial charge in [-0.3, -0.25) is 0 Å².